The lowest BCUT2D eigenvalue weighted by molar-refractivity contribution is 1.28. The van der Waals surface area contributed by atoms with Crippen molar-refractivity contribution in [1.82, 2.24) is 4.98 Å². The maximum Gasteiger partial charge on any atom is 0.124 e. The van der Waals surface area contributed by atoms with E-state index in [4.69, 9.17) is 11.1 Å². The van der Waals surface area contributed by atoms with Gasteiger partial charge in [0.1, 0.15) is 5.84 Å². The van der Waals surface area contributed by atoms with Crippen LogP contribution in [0, 0.1) is 5.41 Å². The molecule has 0 amide bonds. The highest BCUT2D eigenvalue weighted by molar-refractivity contribution is 9.10. The van der Waals surface area contributed by atoms with Crippen molar-refractivity contribution in [3.8, 4) is 0 Å². The van der Waals surface area contributed by atoms with Crippen LogP contribution in [0.3, 0.4) is 0 Å². The van der Waals surface area contributed by atoms with Crippen molar-refractivity contribution in [2.45, 2.75) is 0 Å². The molecular formula is C6H6BrN3. The minimum Gasteiger partial charge on any atom is -0.384 e. The number of nitrogens with zero attached hydrogens (tertiary/aromatic N) is 1. The van der Waals surface area contributed by atoms with Gasteiger partial charge in [0.15, 0.2) is 0 Å². The molecule has 0 atom stereocenters. The maximum atomic E-state index is 7.05. The number of amidine groups is 1. The summed E-state index contributed by atoms with van der Waals surface area (Å²) in [5.41, 5.74) is 5.84. The highest BCUT2D eigenvalue weighted by Crippen LogP contribution is 2.08. The summed E-state index contributed by atoms with van der Waals surface area (Å²) in [4.78, 5) is 3.84. The minimum atomic E-state index is 0.0359. The van der Waals surface area contributed by atoms with Crippen LogP contribution in [0.2, 0.25) is 0 Å². The molecule has 0 radical (unpaired) electrons. The lowest BCUT2D eigenvalue weighted by Gasteiger charge is -1.95. The third kappa shape index (κ3) is 1.54. The average molecular weight is 200 g/mol. The van der Waals surface area contributed by atoms with Gasteiger partial charge < -0.3 is 5.73 Å². The van der Waals surface area contributed by atoms with Gasteiger partial charge in [0.05, 0.1) is 0 Å². The molecule has 0 aromatic carbocycles. The Bertz CT molecular complexity index is 259. The van der Waals surface area contributed by atoms with Crippen LogP contribution in [0.4, 0.5) is 0 Å². The molecule has 1 rings (SSSR count). The molecule has 0 aliphatic heterocycles. The number of nitrogens with two attached hydrogens (primary N) is 1. The van der Waals surface area contributed by atoms with Crippen molar-refractivity contribution in [2.75, 3.05) is 0 Å². The third-order valence-corrected chi connectivity index (χ3v) is 1.45. The van der Waals surface area contributed by atoms with Crippen molar-refractivity contribution in [1.29, 1.82) is 5.41 Å². The maximum absolute atomic E-state index is 7.05. The van der Waals surface area contributed by atoms with E-state index in [9.17, 15) is 0 Å². The predicted octanol–water partition coefficient (Wildman–Crippen LogP) is 1.13. The van der Waals surface area contributed by atoms with Gasteiger partial charge >= 0.3 is 0 Å². The van der Waals surface area contributed by atoms with Crippen LogP contribution >= 0.6 is 15.9 Å². The number of nitrogen functional groups attached to an aromatic ring is 1. The monoisotopic (exact) mass is 199 g/mol. The summed E-state index contributed by atoms with van der Waals surface area (Å²) in [6.07, 6.45) is 3.19. The van der Waals surface area contributed by atoms with Gasteiger partial charge in [-0.1, -0.05) is 0 Å². The molecule has 0 aliphatic carbocycles. The molecule has 10 heavy (non-hydrogen) atoms. The molecule has 0 saturated heterocycles. The zero-order chi connectivity index (χ0) is 7.56. The van der Waals surface area contributed by atoms with E-state index in [2.05, 4.69) is 20.9 Å². The number of hydrogen-bond donors (Lipinski definition) is 2. The SMILES string of the molecule is N=C(N)c1cncc(Br)c1. The molecule has 0 fully saturated rings. The molecule has 1 heterocycles. The van der Waals surface area contributed by atoms with Gasteiger partial charge in [0.2, 0.25) is 0 Å². The molecule has 0 spiro atoms. The fraction of sp³-hybridized carbons (Fsp3) is 0. The summed E-state index contributed by atoms with van der Waals surface area (Å²) in [6.45, 7) is 0. The second kappa shape index (κ2) is 2.79. The first kappa shape index (κ1) is 7.21. The first-order valence-corrected chi connectivity index (χ1v) is 3.44. The molecule has 1 aromatic rings. The smallest absolute Gasteiger partial charge is 0.124 e. The van der Waals surface area contributed by atoms with Crippen molar-refractivity contribution < 1.29 is 0 Å². The summed E-state index contributed by atoms with van der Waals surface area (Å²) in [7, 11) is 0. The van der Waals surface area contributed by atoms with Crippen LogP contribution in [-0.4, -0.2) is 10.8 Å². The van der Waals surface area contributed by atoms with Crippen LogP contribution in [0.1, 0.15) is 5.56 Å². The molecule has 3 N–H and O–H groups in total. The second-order valence-corrected chi connectivity index (χ2v) is 2.72. The molecule has 4 heteroatoms. The van der Waals surface area contributed by atoms with E-state index < -0.39 is 0 Å². The predicted molar refractivity (Wildman–Crippen MR) is 43.0 cm³/mol. The largest absolute Gasteiger partial charge is 0.384 e. The Morgan fingerprint density at radius 2 is 2.30 bits per heavy atom. The third-order valence-electron chi connectivity index (χ3n) is 1.02. The van der Waals surface area contributed by atoms with Crippen LogP contribution in [0.25, 0.3) is 0 Å². The Balaban J connectivity index is 3.07. The average Bonchev–Trinajstić information content (AvgIpc) is 1.88. The summed E-state index contributed by atoms with van der Waals surface area (Å²) < 4.78 is 0.834. The fourth-order valence-electron chi connectivity index (χ4n) is 0.559. The zero-order valence-corrected chi connectivity index (χ0v) is 6.72. The van der Waals surface area contributed by atoms with E-state index in [1.807, 2.05) is 0 Å². The fourth-order valence-corrected chi connectivity index (χ4v) is 0.924. The Hall–Kier alpha value is -0.900. The minimum absolute atomic E-state index is 0.0359. The van der Waals surface area contributed by atoms with Crippen LogP contribution < -0.4 is 5.73 Å². The molecule has 0 bridgehead atoms. The van der Waals surface area contributed by atoms with Gasteiger partial charge in [0.25, 0.3) is 0 Å². The number of aromatic nitrogens is 1. The van der Waals surface area contributed by atoms with Crippen LogP contribution in [0.15, 0.2) is 22.9 Å². The van der Waals surface area contributed by atoms with Crippen molar-refractivity contribution in [3.05, 3.63) is 28.5 Å². The lowest BCUT2D eigenvalue weighted by Crippen LogP contribution is -2.10. The Morgan fingerprint density at radius 3 is 2.70 bits per heavy atom. The quantitative estimate of drug-likeness (QED) is 0.527. The summed E-state index contributed by atoms with van der Waals surface area (Å²) in [5.74, 6) is 0.0359. The molecule has 0 saturated carbocycles. The van der Waals surface area contributed by atoms with E-state index in [1.54, 1.807) is 18.5 Å². The highest BCUT2D eigenvalue weighted by atomic mass is 79.9. The van der Waals surface area contributed by atoms with E-state index in [1.165, 1.54) is 0 Å². The summed E-state index contributed by atoms with van der Waals surface area (Å²) in [5, 5.41) is 7.05. The Labute approximate surface area is 66.9 Å². The van der Waals surface area contributed by atoms with E-state index in [0.29, 0.717) is 5.56 Å². The lowest BCUT2D eigenvalue weighted by atomic mass is 10.3. The van der Waals surface area contributed by atoms with Gasteiger partial charge in [0, 0.05) is 22.4 Å². The normalized spacial score (nSPS) is 9.30. The summed E-state index contributed by atoms with van der Waals surface area (Å²) in [6, 6.07) is 1.75. The number of pyridine rings is 1. The first-order chi connectivity index (χ1) is 4.70. The standard InChI is InChI=1S/C6H6BrN3/c7-5-1-4(6(8)9)2-10-3-5/h1-3H,(H3,8,9). The zero-order valence-electron chi connectivity index (χ0n) is 5.13. The van der Waals surface area contributed by atoms with Gasteiger partial charge in [-0.15, -0.1) is 0 Å². The molecule has 3 nitrogen and oxygen atoms in total. The van der Waals surface area contributed by atoms with E-state index >= 15 is 0 Å². The topological polar surface area (TPSA) is 62.8 Å². The molecule has 52 valence electrons. The Morgan fingerprint density at radius 1 is 1.60 bits per heavy atom. The number of halogens is 1. The van der Waals surface area contributed by atoms with E-state index in [0.717, 1.165) is 4.47 Å². The first-order valence-electron chi connectivity index (χ1n) is 2.65. The number of hydrogen-bond acceptors (Lipinski definition) is 2. The number of rotatable bonds is 1. The molecule has 0 unspecified atom stereocenters. The highest BCUT2D eigenvalue weighted by Gasteiger charge is 1.95. The van der Waals surface area contributed by atoms with E-state index in [-0.39, 0.29) is 5.84 Å². The molecular weight excluding hydrogens is 194 g/mol. The number of nitrogens with one attached hydrogen (secondary N) is 1. The van der Waals surface area contributed by atoms with Gasteiger partial charge in [-0.2, -0.15) is 0 Å². The summed E-state index contributed by atoms with van der Waals surface area (Å²) >= 11 is 3.22. The van der Waals surface area contributed by atoms with Crippen molar-refractivity contribution >= 4 is 21.8 Å². The van der Waals surface area contributed by atoms with Crippen LogP contribution in [-0.2, 0) is 0 Å². The van der Waals surface area contributed by atoms with Crippen LogP contribution in [0.5, 0.6) is 0 Å². The van der Waals surface area contributed by atoms with Crippen molar-refractivity contribution in [2.24, 2.45) is 5.73 Å². The molecule has 0 aliphatic rings. The molecule has 1 aromatic heterocycles. The van der Waals surface area contributed by atoms with Crippen molar-refractivity contribution in [3.63, 3.8) is 0 Å². The second-order valence-electron chi connectivity index (χ2n) is 1.81. The Kier molecular flexibility index (Phi) is 2.01. The van der Waals surface area contributed by atoms with Gasteiger partial charge in [-0.3, -0.25) is 10.4 Å². The van der Waals surface area contributed by atoms with Gasteiger partial charge in [-0.05, 0) is 22.0 Å². The van der Waals surface area contributed by atoms with Gasteiger partial charge in [-0.25, -0.2) is 0 Å².